The Morgan fingerprint density at radius 2 is 1.51 bits per heavy atom. The number of rotatable bonds is 6. The lowest BCUT2D eigenvalue weighted by molar-refractivity contribution is 0.0823. The maximum atomic E-state index is 13.6. The standard InChI is InChI=1S/C33H27FN2O2S/c1-35-32(38)29-27-20-23(13-16-28(27)39-30(29)21-11-14-26(34)15-12-21)22-7-5-8-24(19-22)31(37)36-33(17-6-18-33)25-9-3-2-4-10-25/h2-5,7-16,19-20H,6,17-18H2,1H3,(H,35,38)(H,36,37). The number of nitrogens with one attached hydrogen (secondary N) is 2. The first-order valence-corrected chi connectivity index (χ1v) is 13.8. The molecule has 0 bridgehead atoms. The Morgan fingerprint density at radius 3 is 2.21 bits per heavy atom. The molecular formula is C33H27FN2O2S. The highest BCUT2D eigenvalue weighted by atomic mass is 32.1. The second kappa shape index (κ2) is 10.1. The molecule has 1 saturated carbocycles. The SMILES string of the molecule is CNC(=O)c1c(-c2ccc(F)cc2)sc2ccc(-c3cccc(C(=O)NC4(c5ccccc5)CCC4)c3)cc12. The van der Waals surface area contributed by atoms with Gasteiger partial charge in [-0.25, -0.2) is 4.39 Å². The molecule has 0 radical (unpaired) electrons. The molecule has 1 aromatic heterocycles. The van der Waals surface area contributed by atoms with Crippen LogP contribution >= 0.6 is 11.3 Å². The zero-order valence-corrected chi connectivity index (χ0v) is 22.3. The number of fused-ring (bicyclic) bond motifs is 1. The van der Waals surface area contributed by atoms with Crippen molar-refractivity contribution < 1.29 is 14.0 Å². The number of carbonyl (C=O) groups excluding carboxylic acids is 2. The third kappa shape index (κ3) is 4.61. The van der Waals surface area contributed by atoms with Crippen LogP contribution in [0, 0.1) is 5.82 Å². The van der Waals surface area contributed by atoms with Crippen LogP contribution in [0.25, 0.3) is 31.7 Å². The molecule has 0 unspecified atom stereocenters. The normalized spacial score (nSPS) is 14.0. The van der Waals surface area contributed by atoms with Crippen molar-refractivity contribution in [2.75, 3.05) is 7.05 Å². The van der Waals surface area contributed by atoms with Crippen molar-refractivity contribution in [3.8, 4) is 21.6 Å². The van der Waals surface area contributed by atoms with Crippen LogP contribution in [0.2, 0.25) is 0 Å². The van der Waals surface area contributed by atoms with Gasteiger partial charge in [0.05, 0.1) is 11.1 Å². The van der Waals surface area contributed by atoms with Gasteiger partial charge in [0.1, 0.15) is 5.82 Å². The number of halogens is 1. The summed E-state index contributed by atoms with van der Waals surface area (Å²) in [4.78, 5) is 27.2. The second-order valence-electron chi connectivity index (χ2n) is 9.94. The van der Waals surface area contributed by atoms with Crippen molar-refractivity contribution in [1.29, 1.82) is 0 Å². The summed E-state index contributed by atoms with van der Waals surface area (Å²) in [5, 5.41) is 6.88. The van der Waals surface area contributed by atoms with Gasteiger partial charge in [-0.15, -0.1) is 11.3 Å². The average molecular weight is 535 g/mol. The molecule has 1 aliphatic carbocycles. The van der Waals surface area contributed by atoms with E-state index in [0.29, 0.717) is 11.1 Å². The van der Waals surface area contributed by atoms with Crippen LogP contribution in [-0.4, -0.2) is 18.9 Å². The fraction of sp³-hybridized carbons (Fsp3) is 0.152. The van der Waals surface area contributed by atoms with E-state index < -0.39 is 0 Å². The zero-order valence-electron chi connectivity index (χ0n) is 21.5. The predicted octanol–water partition coefficient (Wildman–Crippen LogP) is 7.54. The van der Waals surface area contributed by atoms with E-state index in [2.05, 4.69) is 22.8 Å². The van der Waals surface area contributed by atoms with Crippen LogP contribution < -0.4 is 10.6 Å². The van der Waals surface area contributed by atoms with Gasteiger partial charge in [-0.3, -0.25) is 9.59 Å². The Labute approximate surface area is 230 Å². The molecule has 0 saturated heterocycles. The Bertz CT molecular complexity index is 1690. The molecule has 1 aliphatic rings. The van der Waals surface area contributed by atoms with Crippen molar-refractivity contribution in [2.45, 2.75) is 24.8 Å². The molecule has 1 heterocycles. The van der Waals surface area contributed by atoms with E-state index in [1.165, 1.54) is 23.5 Å². The lowest BCUT2D eigenvalue weighted by Gasteiger charge is -2.43. The van der Waals surface area contributed by atoms with Gasteiger partial charge in [0.2, 0.25) is 0 Å². The molecule has 6 rings (SSSR count). The topological polar surface area (TPSA) is 58.2 Å². The molecule has 39 heavy (non-hydrogen) atoms. The average Bonchev–Trinajstić information content (AvgIpc) is 3.34. The smallest absolute Gasteiger partial charge is 0.253 e. The first kappa shape index (κ1) is 25.0. The monoisotopic (exact) mass is 534 g/mol. The van der Waals surface area contributed by atoms with Gasteiger partial charge in [-0.2, -0.15) is 0 Å². The molecule has 4 aromatic carbocycles. The summed E-state index contributed by atoms with van der Waals surface area (Å²) in [5.74, 6) is -0.612. The van der Waals surface area contributed by atoms with Crippen molar-refractivity contribution >= 4 is 33.2 Å². The summed E-state index contributed by atoms with van der Waals surface area (Å²) in [6.45, 7) is 0. The minimum absolute atomic E-state index is 0.0957. The van der Waals surface area contributed by atoms with Crippen LogP contribution in [0.5, 0.6) is 0 Å². The number of thiophene rings is 1. The van der Waals surface area contributed by atoms with Gasteiger partial charge in [0.15, 0.2) is 0 Å². The lowest BCUT2D eigenvalue weighted by atomic mass is 9.71. The largest absolute Gasteiger partial charge is 0.355 e. The van der Waals surface area contributed by atoms with E-state index in [-0.39, 0.29) is 23.2 Å². The van der Waals surface area contributed by atoms with Gasteiger partial charge >= 0.3 is 0 Å². The molecule has 194 valence electrons. The number of hydrogen-bond donors (Lipinski definition) is 2. The first-order valence-electron chi connectivity index (χ1n) is 13.0. The first-order chi connectivity index (χ1) is 19.0. The maximum absolute atomic E-state index is 13.6. The molecule has 2 N–H and O–H groups in total. The van der Waals surface area contributed by atoms with Crippen molar-refractivity contribution in [1.82, 2.24) is 10.6 Å². The van der Waals surface area contributed by atoms with Crippen LogP contribution in [0.3, 0.4) is 0 Å². The lowest BCUT2D eigenvalue weighted by Crippen LogP contribution is -2.50. The molecule has 0 spiro atoms. The third-order valence-corrected chi connectivity index (χ3v) is 8.81. The molecule has 2 amide bonds. The number of benzene rings is 4. The number of carbonyl (C=O) groups is 2. The van der Waals surface area contributed by atoms with Crippen LogP contribution in [0.4, 0.5) is 4.39 Å². The number of amides is 2. The molecule has 5 aromatic rings. The van der Waals surface area contributed by atoms with Crippen LogP contribution in [0.15, 0.2) is 97.1 Å². The van der Waals surface area contributed by atoms with Crippen LogP contribution in [0.1, 0.15) is 45.5 Å². The van der Waals surface area contributed by atoms with Gasteiger partial charge in [-0.05, 0) is 77.9 Å². The molecule has 1 fully saturated rings. The van der Waals surface area contributed by atoms with E-state index in [1.807, 2.05) is 60.7 Å². The van der Waals surface area contributed by atoms with E-state index >= 15 is 0 Å². The fourth-order valence-corrected chi connectivity index (χ4v) is 6.52. The van der Waals surface area contributed by atoms with E-state index in [9.17, 15) is 14.0 Å². The predicted molar refractivity (Wildman–Crippen MR) is 155 cm³/mol. The molecule has 0 atom stereocenters. The molecule has 4 nitrogen and oxygen atoms in total. The Balaban J connectivity index is 1.36. The summed E-state index contributed by atoms with van der Waals surface area (Å²) < 4.78 is 14.5. The fourth-order valence-electron chi connectivity index (χ4n) is 5.34. The Hall–Kier alpha value is -4.29. The minimum Gasteiger partial charge on any atom is -0.355 e. The summed E-state index contributed by atoms with van der Waals surface area (Å²) in [6.07, 6.45) is 2.94. The van der Waals surface area contributed by atoms with Gasteiger partial charge in [0, 0.05) is 27.6 Å². The summed E-state index contributed by atoms with van der Waals surface area (Å²) in [5.41, 5.74) is 4.58. The molecular weight excluding hydrogens is 507 g/mol. The summed E-state index contributed by atoms with van der Waals surface area (Å²) in [6, 6.07) is 30.0. The van der Waals surface area contributed by atoms with E-state index in [0.717, 1.165) is 56.5 Å². The highest BCUT2D eigenvalue weighted by molar-refractivity contribution is 7.22. The van der Waals surface area contributed by atoms with Gasteiger partial charge in [0.25, 0.3) is 11.8 Å². The van der Waals surface area contributed by atoms with Crippen molar-refractivity contribution in [3.05, 3.63) is 120 Å². The van der Waals surface area contributed by atoms with Crippen molar-refractivity contribution in [2.24, 2.45) is 0 Å². The Kier molecular flexibility index (Phi) is 6.49. The van der Waals surface area contributed by atoms with Crippen molar-refractivity contribution in [3.63, 3.8) is 0 Å². The van der Waals surface area contributed by atoms with Gasteiger partial charge < -0.3 is 10.6 Å². The molecule has 0 aliphatic heterocycles. The third-order valence-electron chi connectivity index (χ3n) is 7.59. The van der Waals surface area contributed by atoms with Crippen LogP contribution in [-0.2, 0) is 5.54 Å². The highest BCUT2D eigenvalue weighted by Gasteiger charge is 2.40. The zero-order chi connectivity index (χ0) is 27.0. The quantitative estimate of drug-likeness (QED) is 0.236. The van der Waals surface area contributed by atoms with E-state index in [4.69, 9.17) is 0 Å². The van der Waals surface area contributed by atoms with E-state index in [1.54, 1.807) is 19.2 Å². The minimum atomic E-state index is -0.320. The van der Waals surface area contributed by atoms with Gasteiger partial charge in [-0.1, -0.05) is 60.7 Å². The Morgan fingerprint density at radius 1 is 0.795 bits per heavy atom. The number of hydrogen-bond acceptors (Lipinski definition) is 3. The summed E-state index contributed by atoms with van der Waals surface area (Å²) in [7, 11) is 1.61. The molecule has 6 heteroatoms. The highest BCUT2D eigenvalue weighted by Crippen LogP contribution is 2.42. The second-order valence-corrected chi connectivity index (χ2v) is 11.0. The maximum Gasteiger partial charge on any atom is 0.253 e. The summed E-state index contributed by atoms with van der Waals surface area (Å²) >= 11 is 1.50.